The first kappa shape index (κ1) is 14.0. The highest BCUT2D eigenvalue weighted by molar-refractivity contribution is 9.10. The summed E-state index contributed by atoms with van der Waals surface area (Å²) in [6.45, 7) is 6.95. The average Bonchev–Trinajstić information content (AvgIpc) is 2.32. The number of benzene rings is 1. The molecule has 0 aliphatic carbocycles. The molecule has 1 N–H and O–H groups in total. The van der Waals surface area contributed by atoms with E-state index in [0.717, 1.165) is 6.54 Å². The second kappa shape index (κ2) is 6.18. The summed E-state index contributed by atoms with van der Waals surface area (Å²) in [5.74, 6) is 0. The van der Waals surface area contributed by atoms with Gasteiger partial charge in [0.05, 0.1) is 0 Å². The van der Waals surface area contributed by atoms with Crippen molar-refractivity contribution in [3.8, 4) is 0 Å². The number of rotatable bonds is 4. The van der Waals surface area contributed by atoms with Gasteiger partial charge in [-0.15, -0.1) is 0 Å². The third-order valence-electron chi connectivity index (χ3n) is 3.86. The second-order valence-corrected chi connectivity index (χ2v) is 6.68. The van der Waals surface area contributed by atoms with Crippen molar-refractivity contribution in [2.45, 2.75) is 26.3 Å². The van der Waals surface area contributed by atoms with E-state index in [2.05, 4.69) is 64.4 Å². The summed E-state index contributed by atoms with van der Waals surface area (Å²) in [6.07, 6.45) is 2.57. The summed E-state index contributed by atoms with van der Waals surface area (Å²) in [7, 11) is 2.23. The maximum absolute atomic E-state index is 3.63. The molecule has 1 aliphatic rings. The monoisotopic (exact) mass is 310 g/mol. The van der Waals surface area contributed by atoms with E-state index in [9.17, 15) is 0 Å². The lowest BCUT2D eigenvalue weighted by molar-refractivity contribution is 0.143. The van der Waals surface area contributed by atoms with Gasteiger partial charge in [-0.3, -0.25) is 0 Å². The summed E-state index contributed by atoms with van der Waals surface area (Å²) in [4.78, 5) is 2.45. The summed E-state index contributed by atoms with van der Waals surface area (Å²) < 4.78 is 1.22. The minimum Gasteiger partial charge on any atom is -0.317 e. The van der Waals surface area contributed by atoms with Gasteiger partial charge in [-0.05, 0) is 50.0 Å². The van der Waals surface area contributed by atoms with Crippen LogP contribution >= 0.6 is 15.9 Å². The van der Waals surface area contributed by atoms with Crippen LogP contribution in [0, 0.1) is 5.41 Å². The van der Waals surface area contributed by atoms with E-state index in [4.69, 9.17) is 0 Å². The molecule has 2 nitrogen and oxygen atoms in total. The van der Waals surface area contributed by atoms with Gasteiger partial charge in [0, 0.05) is 17.6 Å². The molecular formula is C15H23BrN2. The topological polar surface area (TPSA) is 15.3 Å². The molecule has 1 aromatic carbocycles. The van der Waals surface area contributed by atoms with Crippen LogP contribution in [-0.2, 0) is 6.54 Å². The van der Waals surface area contributed by atoms with Crippen LogP contribution in [0.15, 0.2) is 28.7 Å². The Morgan fingerprint density at radius 3 is 2.61 bits per heavy atom. The number of hydrogen-bond acceptors (Lipinski definition) is 2. The Morgan fingerprint density at radius 2 is 1.94 bits per heavy atom. The molecule has 1 heterocycles. The van der Waals surface area contributed by atoms with Crippen molar-refractivity contribution in [3.63, 3.8) is 0 Å². The number of nitrogens with zero attached hydrogens (tertiary/aromatic N) is 1. The van der Waals surface area contributed by atoms with Crippen molar-refractivity contribution in [2.24, 2.45) is 5.41 Å². The van der Waals surface area contributed by atoms with Gasteiger partial charge in [-0.2, -0.15) is 0 Å². The van der Waals surface area contributed by atoms with Gasteiger partial charge in [0.25, 0.3) is 0 Å². The molecule has 0 unspecified atom stereocenters. The van der Waals surface area contributed by atoms with E-state index in [0.29, 0.717) is 5.41 Å². The first-order chi connectivity index (χ1) is 8.59. The quantitative estimate of drug-likeness (QED) is 0.918. The highest BCUT2D eigenvalue weighted by atomic mass is 79.9. The first-order valence-corrected chi connectivity index (χ1v) is 7.51. The zero-order chi connectivity index (χ0) is 13.0. The van der Waals surface area contributed by atoms with Crippen LogP contribution < -0.4 is 5.32 Å². The summed E-state index contributed by atoms with van der Waals surface area (Å²) in [6, 6.07) is 8.50. The van der Waals surface area contributed by atoms with Crippen LogP contribution in [0.1, 0.15) is 25.3 Å². The molecular weight excluding hydrogens is 288 g/mol. The standard InChI is InChI=1S/C15H23BrN2/c1-15(7-9-17-10-8-15)12-18(2)11-13-5-3-4-6-14(13)16/h3-6,17H,7-12H2,1-2H3. The van der Waals surface area contributed by atoms with E-state index in [-0.39, 0.29) is 0 Å². The van der Waals surface area contributed by atoms with Gasteiger partial charge in [0.15, 0.2) is 0 Å². The van der Waals surface area contributed by atoms with E-state index in [1.54, 1.807) is 0 Å². The van der Waals surface area contributed by atoms with Gasteiger partial charge in [0.2, 0.25) is 0 Å². The van der Waals surface area contributed by atoms with Crippen LogP contribution in [0.3, 0.4) is 0 Å². The minimum absolute atomic E-state index is 0.473. The van der Waals surface area contributed by atoms with Crippen molar-refractivity contribution >= 4 is 15.9 Å². The molecule has 1 aliphatic heterocycles. The smallest absolute Gasteiger partial charge is 0.0242 e. The Hall–Kier alpha value is -0.380. The fourth-order valence-corrected chi connectivity index (χ4v) is 3.22. The summed E-state index contributed by atoms with van der Waals surface area (Å²) in [5.41, 5.74) is 1.85. The van der Waals surface area contributed by atoms with Gasteiger partial charge < -0.3 is 10.2 Å². The van der Waals surface area contributed by atoms with Crippen molar-refractivity contribution in [1.82, 2.24) is 10.2 Å². The molecule has 0 spiro atoms. The Kier molecular flexibility index (Phi) is 4.82. The van der Waals surface area contributed by atoms with Gasteiger partial charge in [-0.25, -0.2) is 0 Å². The average molecular weight is 311 g/mol. The molecule has 1 saturated heterocycles. The molecule has 100 valence electrons. The molecule has 1 fully saturated rings. The van der Waals surface area contributed by atoms with Crippen molar-refractivity contribution in [1.29, 1.82) is 0 Å². The van der Waals surface area contributed by atoms with Crippen LogP contribution in [-0.4, -0.2) is 31.6 Å². The van der Waals surface area contributed by atoms with E-state index < -0.39 is 0 Å². The summed E-state index contributed by atoms with van der Waals surface area (Å²) in [5, 5.41) is 3.45. The number of halogens is 1. The third-order valence-corrected chi connectivity index (χ3v) is 4.63. The highest BCUT2D eigenvalue weighted by Gasteiger charge is 2.27. The largest absolute Gasteiger partial charge is 0.317 e. The maximum atomic E-state index is 3.63. The molecule has 0 bridgehead atoms. The van der Waals surface area contributed by atoms with Crippen LogP contribution in [0.2, 0.25) is 0 Å². The minimum atomic E-state index is 0.473. The molecule has 3 heteroatoms. The lowest BCUT2D eigenvalue weighted by Crippen LogP contribution is -2.41. The zero-order valence-corrected chi connectivity index (χ0v) is 13.0. The fourth-order valence-electron chi connectivity index (χ4n) is 2.81. The second-order valence-electron chi connectivity index (χ2n) is 5.82. The maximum Gasteiger partial charge on any atom is 0.0242 e. The molecule has 0 radical (unpaired) electrons. The Bertz CT molecular complexity index is 386. The molecule has 1 aromatic rings. The normalized spacial score (nSPS) is 19.1. The molecule has 0 amide bonds. The number of nitrogens with one attached hydrogen (secondary N) is 1. The van der Waals surface area contributed by atoms with Crippen molar-refractivity contribution in [2.75, 3.05) is 26.7 Å². The lowest BCUT2D eigenvalue weighted by Gasteiger charge is -2.37. The third kappa shape index (κ3) is 3.81. The predicted octanol–water partition coefficient (Wildman–Crippen LogP) is 3.27. The highest BCUT2D eigenvalue weighted by Crippen LogP contribution is 2.29. The van der Waals surface area contributed by atoms with E-state index >= 15 is 0 Å². The predicted molar refractivity (Wildman–Crippen MR) is 80.7 cm³/mol. The van der Waals surface area contributed by atoms with Gasteiger partial charge in [-0.1, -0.05) is 41.1 Å². The Balaban J connectivity index is 1.92. The molecule has 18 heavy (non-hydrogen) atoms. The van der Waals surface area contributed by atoms with E-state index in [1.165, 1.54) is 42.5 Å². The Morgan fingerprint density at radius 1 is 1.28 bits per heavy atom. The van der Waals surface area contributed by atoms with Crippen LogP contribution in [0.5, 0.6) is 0 Å². The van der Waals surface area contributed by atoms with E-state index in [1.807, 2.05) is 0 Å². The molecule has 2 rings (SSSR count). The van der Waals surface area contributed by atoms with Crippen LogP contribution in [0.4, 0.5) is 0 Å². The fraction of sp³-hybridized carbons (Fsp3) is 0.600. The molecule has 0 aromatic heterocycles. The first-order valence-electron chi connectivity index (χ1n) is 6.72. The SMILES string of the molecule is CN(Cc1ccccc1Br)CC1(C)CCNCC1. The van der Waals surface area contributed by atoms with Gasteiger partial charge >= 0.3 is 0 Å². The number of piperidine rings is 1. The molecule has 0 saturated carbocycles. The van der Waals surface area contributed by atoms with Crippen molar-refractivity contribution < 1.29 is 0 Å². The molecule has 0 atom stereocenters. The zero-order valence-electron chi connectivity index (χ0n) is 11.4. The summed E-state index contributed by atoms with van der Waals surface area (Å²) >= 11 is 3.63. The Labute approximate surface area is 119 Å². The van der Waals surface area contributed by atoms with Crippen LogP contribution in [0.25, 0.3) is 0 Å². The van der Waals surface area contributed by atoms with Gasteiger partial charge in [0.1, 0.15) is 0 Å². The number of hydrogen-bond donors (Lipinski definition) is 1. The van der Waals surface area contributed by atoms with Crippen molar-refractivity contribution in [3.05, 3.63) is 34.3 Å². The lowest BCUT2D eigenvalue weighted by atomic mass is 9.80.